The zero-order valence-corrected chi connectivity index (χ0v) is 8.59. The van der Waals surface area contributed by atoms with Crippen LogP contribution in [0.25, 0.3) is 0 Å². The van der Waals surface area contributed by atoms with Crippen LogP contribution in [0.15, 0.2) is 30.9 Å². The van der Waals surface area contributed by atoms with Crippen molar-refractivity contribution in [3.8, 4) is 0 Å². The van der Waals surface area contributed by atoms with E-state index in [0.29, 0.717) is 12.2 Å². The molecule has 4 nitrogen and oxygen atoms in total. The Labute approximate surface area is 88.2 Å². The number of aryl methyl sites for hydroxylation is 1. The number of rotatable bonds is 3. The van der Waals surface area contributed by atoms with Crippen LogP contribution >= 0.6 is 0 Å². The molecule has 78 valence electrons. The molecule has 2 aromatic rings. The van der Waals surface area contributed by atoms with Crippen molar-refractivity contribution in [3.63, 3.8) is 0 Å². The molecule has 0 amide bonds. The van der Waals surface area contributed by atoms with E-state index in [4.69, 9.17) is 5.11 Å². The van der Waals surface area contributed by atoms with Gasteiger partial charge in [-0.25, -0.2) is 4.98 Å². The van der Waals surface area contributed by atoms with Crippen LogP contribution < -0.4 is 0 Å². The minimum absolute atomic E-state index is 0.0196. The number of aliphatic hydroxyl groups excluding tert-OH is 1. The topological polar surface area (TPSA) is 50.9 Å². The first-order chi connectivity index (χ1) is 7.29. The number of imidazole rings is 1. The van der Waals surface area contributed by atoms with Crippen molar-refractivity contribution in [1.29, 1.82) is 0 Å². The molecule has 0 bridgehead atoms. The molecule has 0 unspecified atom stereocenters. The van der Waals surface area contributed by atoms with E-state index in [1.807, 2.05) is 29.8 Å². The zero-order chi connectivity index (χ0) is 10.7. The van der Waals surface area contributed by atoms with Gasteiger partial charge in [0.15, 0.2) is 0 Å². The quantitative estimate of drug-likeness (QED) is 0.813. The Hall–Kier alpha value is -1.68. The van der Waals surface area contributed by atoms with Gasteiger partial charge in [0.05, 0.1) is 30.9 Å². The van der Waals surface area contributed by atoms with Gasteiger partial charge in [-0.1, -0.05) is 6.07 Å². The molecular weight excluding hydrogens is 190 g/mol. The van der Waals surface area contributed by atoms with Crippen LogP contribution in [0, 0.1) is 6.92 Å². The Morgan fingerprint density at radius 3 is 2.93 bits per heavy atom. The smallest absolute Gasteiger partial charge is 0.0954 e. The molecule has 2 heterocycles. The number of pyridine rings is 1. The average molecular weight is 203 g/mol. The number of aromatic nitrogens is 3. The van der Waals surface area contributed by atoms with Gasteiger partial charge < -0.3 is 9.67 Å². The van der Waals surface area contributed by atoms with Gasteiger partial charge in [-0.3, -0.25) is 4.98 Å². The number of hydrogen-bond donors (Lipinski definition) is 1. The molecular formula is C11H13N3O. The van der Waals surface area contributed by atoms with Gasteiger partial charge in [-0.2, -0.15) is 0 Å². The fourth-order valence-electron chi connectivity index (χ4n) is 1.43. The molecule has 0 atom stereocenters. The fraction of sp³-hybridized carbons (Fsp3) is 0.273. The van der Waals surface area contributed by atoms with E-state index in [1.54, 1.807) is 12.5 Å². The molecule has 4 heteroatoms. The number of nitrogens with zero attached hydrogens (tertiary/aromatic N) is 3. The van der Waals surface area contributed by atoms with Crippen molar-refractivity contribution in [1.82, 2.24) is 14.5 Å². The molecule has 0 aromatic carbocycles. The summed E-state index contributed by atoms with van der Waals surface area (Å²) in [5.41, 5.74) is 2.87. The molecule has 1 N–H and O–H groups in total. The lowest BCUT2D eigenvalue weighted by Gasteiger charge is -2.04. The molecule has 0 saturated heterocycles. The van der Waals surface area contributed by atoms with Crippen LogP contribution in [-0.4, -0.2) is 19.6 Å². The minimum Gasteiger partial charge on any atom is -0.390 e. The second kappa shape index (κ2) is 4.23. The summed E-state index contributed by atoms with van der Waals surface area (Å²) in [5.74, 6) is 0. The maximum absolute atomic E-state index is 8.88. The normalized spacial score (nSPS) is 10.5. The maximum atomic E-state index is 8.88. The molecule has 2 aromatic heterocycles. The van der Waals surface area contributed by atoms with Crippen LogP contribution in [-0.2, 0) is 13.2 Å². The second-order valence-electron chi connectivity index (χ2n) is 3.46. The van der Waals surface area contributed by atoms with E-state index < -0.39 is 0 Å². The van der Waals surface area contributed by atoms with Crippen molar-refractivity contribution in [2.24, 2.45) is 0 Å². The molecule has 15 heavy (non-hydrogen) atoms. The summed E-state index contributed by atoms with van der Waals surface area (Å²) in [5, 5.41) is 8.88. The summed E-state index contributed by atoms with van der Waals surface area (Å²) in [4.78, 5) is 8.34. The van der Waals surface area contributed by atoms with Gasteiger partial charge in [0.1, 0.15) is 0 Å². The average Bonchev–Trinajstić information content (AvgIpc) is 2.69. The summed E-state index contributed by atoms with van der Waals surface area (Å²) in [7, 11) is 0. The number of aliphatic hydroxyl groups is 1. The second-order valence-corrected chi connectivity index (χ2v) is 3.46. The third-order valence-corrected chi connectivity index (χ3v) is 2.30. The Kier molecular flexibility index (Phi) is 2.78. The standard InChI is InChI=1S/C11H13N3O/c1-9-3-2-4-12-11(9)6-14-5-10(7-15)13-8-14/h2-5,8,15H,6-7H2,1H3. The lowest BCUT2D eigenvalue weighted by Crippen LogP contribution is -2.01. The Balaban J connectivity index is 2.18. The first-order valence-corrected chi connectivity index (χ1v) is 4.81. The molecule has 0 aliphatic carbocycles. The zero-order valence-electron chi connectivity index (χ0n) is 8.59. The van der Waals surface area contributed by atoms with Crippen molar-refractivity contribution < 1.29 is 5.11 Å². The van der Waals surface area contributed by atoms with Gasteiger partial charge in [0, 0.05) is 12.4 Å². The molecule has 0 fully saturated rings. The first-order valence-electron chi connectivity index (χ1n) is 4.81. The van der Waals surface area contributed by atoms with Crippen molar-refractivity contribution in [2.45, 2.75) is 20.1 Å². The van der Waals surface area contributed by atoms with Gasteiger partial charge in [-0.05, 0) is 18.6 Å². The van der Waals surface area contributed by atoms with Crippen LogP contribution in [0.3, 0.4) is 0 Å². The summed E-state index contributed by atoms with van der Waals surface area (Å²) >= 11 is 0. The summed E-state index contributed by atoms with van der Waals surface area (Å²) < 4.78 is 1.92. The minimum atomic E-state index is -0.0196. The Morgan fingerprint density at radius 2 is 2.27 bits per heavy atom. The van der Waals surface area contributed by atoms with Gasteiger partial charge in [0.2, 0.25) is 0 Å². The van der Waals surface area contributed by atoms with E-state index in [9.17, 15) is 0 Å². The molecule has 0 saturated carbocycles. The Morgan fingerprint density at radius 1 is 1.40 bits per heavy atom. The molecule has 0 aliphatic rings. The third kappa shape index (κ3) is 2.22. The summed E-state index contributed by atoms with van der Waals surface area (Å²) in [6.07, 6.45) is 5.32. The highest BCUT2D eigenvalue weighted by atomic mass is 16.3. The molecule has 2 rings (SSSR count). The third-order valence-electron chi connectivity index (χ3n) is 2.30. The van der Waals surface area contributed by atoms with Gasteiger partial charge in [-0.15, -0.1) is 0 Å². The van der Waals surface area contributed by atoms with Crippen molar-refractivity contribution >= 4 is 0 Å². The number of hydrogen-bond acceptors (Lipinski definition) is 3. The maximum Gasteiger partial charge on any atom is 0.0954 e. The predicted molar refractivity (Wildman–Crippen MR) is 56.2 cm³/mol. The van der Waals surface area contributed by atoms with E-state index in [2.05, 4.69) is 9.97 Å². The highest BCUT2D eigenvalue weighted by Gasteiger charge is 2.01. The first kappa shape index (κ1) is 9.86. The largest absolute Gasteiger partial charge is 0.390 e. The fourth-order valence-corrected chi connectivity index (χ4v) is 1.43. The van der Waals surface area contributed by atoms with Crippen molar-refractivity contribution in [3.05, 3.63) is 47.8 Å². The van der Waals surface area contributed by atoms with E-state index >= 15 is 0 Å². The molecule has 0 radical (unpaired) electrons. The van der Waals surface area contributed by atoms with E-state index in [0.717, 1.165) is 11.3 Å². The predicted octanol–water partition coefficient (Wildman–Crippen LogP) is 1.13. The van der Waals surface area contributed by atoms with Gasteiger partial charge in [0.25, 0.3) is 0 Å². The highest BCUT2D eigenvalue weighted by Crippen LogP contribution is 2.06. The van der Waals surface area contributed by atoms with Crippen molar-refractivity contribution in [2.75, 3.05) is 0 Å². The van der Waals surface area contributed by atoms with E-state index in [1.165, 1.54) is 0 Å². The lowest BCUT2D eigenvalue weighted by atomic mass is 10.2. The van der Waals surface area contributed by atoms with Gasteiger partial charge >= 0.3 is 0 Å². The molecule has 0 aliphatic heterocycles. The lowest BCUT2D eigenvalue weighted by molar-refractivity contribution is 0.277. The van der Waals surface area contributed by atoms with Crippen LogP contribution in [0.5, 0.6) is 0 Å². The monoisotopic (exact) mass is 203 g/mol. The van der Waals surface area contributed by atoms with Crippen LogP contribution in [0.2, 0.25) is 0 Å². The molecule has 0 spiro atoms. The van der Waals surface area contributed by atoms with E-state index in [-0.39, 0.29) is 6.61 Å². The summed E-state index contributed by atoms with van der Waals surface area (Å²) in [6.45, 7) is 2.71. The van der Waals surface area contributed by atoms with Crippen LogP contribution in [0.4, 0.5) is 0 Å². The SMILES string of the molecule is Cc1cccnc1Cn1cnc(CO)c1. The Bertz CT molecular complexity index is 451. The highest BCUT2D eigenvalue weighted by molar-refractivity contribution is 5.18. The van der Waals surface area contributed by atoms with Crippen LogP contribution in [0.1, 0.15) is 17.0 Å². The summed E-state index contributed by atoms with van der Waals surface area (Å²) in [6, 6.07) is 3.96.